The molecule has 1 aromatic rings. The second-order valence-electron chi connectivity index (χ2n) is 3.77. The summed E-state index contributed by atoms with van der Waals surface area (Å²) in [4.78, 5) is 10.5. The number of hydrogen-bond donors (Lipinski definition) is 3. The van der Waals surface area contributed by atoms with Crippen molar-refractivity contribution in [1.82, 2.24) is 5.32 Å². The van der Waals surface area contributed by atoms with Gasteiger partial charge in [0.15, 0.2) is 0 Å². The average Bonchev–Trinajstić information content (AvgIpc) is 2.59. The van der Waals surface area contributed by atoms with Crippen molar-refractivity contribution in [2.24, 2.45) is 0 Å². The van der Waals surface area contributed by atoms with Crippen molar-refractivity contribution in [1.29, 1.82) is 0 Å². The predicted molar refractivity (Wildman–Crippen MR) is 51.5 cm³/mol. The normalized spacial score (nSPS) is 24.9. The van der Waals surface area contributed by atoms with Crippen LogP contribution in [-0.2, 0) is 6.54 Å². The van der Waals surface area contributed by atoms with Crippen molar-refractivity contribution in [3.05, 3.63) is 23.7 Å². The van der Waals surface area contributed by atoms with Gasteiger partial charge in [0.25, 0.3) is 0 Å². The number of hydrogen-bond acceptors (Lipinski definition) is 4. The maximum Gasteiger partial charge on any atom is 0.371 e. The van der Waals surface area contributed by atoms with E-state index in [2.05, 4.69) is 5.32 Å². The van der Waals surface area contributed by atoms with Crippen LogP contribution in [0.3, 0.4) is 0 Å². The molecule has 82 valence electrons. The summed E-state index contributed by atoms with van der Waals surface area (Å²) in [6, 6.07) is 3.40. The van der Waals surface area contributed by atoms with E-state index in [-0.39, 0.29) is 11.9 Å². The van der Waals surface area contributed by atoms with Crippen LogP contribution in [0, 0.1) is 0 Å². The molecule has 0 unspecified atom stereocenters. The molecule has 0 saturated heterocycles. The Morgan fingerprint density at radius 2 is 2.27 bits per heavy atom. The van der Waals surface area contributed by atoms with Crippen LogP contribution < -0.4 is 5.32 Å². The molecular formula is C10H13NO4. The van der Waals surface area contributed by atoms with Crippen LogP contribution in [-0.4, -0.2) is 28.3 Å². The van der Waals surface area contributed by atoms with Crippen LogP contribution in [0.25, 0.3) is 0 Å². The fraction of sp³-hybridized carbons (Fsp3) is 0.500. The van der Waals surface area contributed by atoms with E-state index in [9.17, 15) is 4.79 Å². The molecule has 5 heteroatoms. The van der Waals surface area contributed by atoms with E-state index in [1.807, 2.05) is 0 Å². The molecule has 1 aliphatic rings. The summed E-state index contributed by atoms with van der Waals surface area (Å²) < 4.78 is 5.07. The number of aliphatic hydroxyl groups is 1. The minimum Gasteiger partial charge on any atom is -0.475 e. The van der Waals surface area contributed by atoms with Gasteiger partial charge in [-0.3, -0.25) is 0 Å². The summed E-state index contributed by atoms with van der Waals surface area (Å²) in [5.41, 5.74) is 0. The monoisotopic (exact) mass is 211 g/mol. The highest BCUT2D eigenvalue weighted by atomic mass is 16.4. The largest absolute Gasteiger partial charge is 0.475 e. The number of carbonyl (C=O) groups is 1. The zero-order valence-electron chi connectivity index (χ0n) is 8.14. The molecule has 0 bridgehead atoms. The van der Waals surface area contributed by atoms with Crippen molar-refractivity contribution < 1.29 is 19.4 Å². The molecule has 3 N–H and O–H groups in total. The zero-order chi connectivity index (χ0) is 10.8. The Labute approximate surface area is 86.7 Å². The molecule has 1 saturated carbocycles. The molecule has 15 heavy (non-hydrogen) atoms. The number of carboxylic acid groups (broad SMARTS) is 1. The molecular weight excluding hydrogens is 198 g/mol. The Kier molecular flexibility index (Phi) is 2.75. The van der Waals surface area contributed by atoms with Crippen molar-refractivity contribution in [3.8, 4) is 0 Å². The van der Waals surface area contributed by atoms with Gasteiger partial charge in [-0.25, -0.2) is 4.79 Å². The van der Waals surface area contributed by atoms with Crippen molar-refractivity contribution in [2.75, 3.05) is 0 Å². The van der Waals surface area contributed by atoms with Crippen LogP contribution in [0.5, 0.6) is 0 Å². The van der Waals surface area contributed by atoms with Gasteiger partial charge in [0, 0.05) is 6.04 Å². The van der Waals surface area contributed by atoms with Gasteiger partial charge in [-0.2, -0.15) is 0 Å². The lowest BCUT2D eigenvalue weighted by atomic mass is 9.89. The first-order valence-electron chi connectivity index (χ1n) is 4.88. The molecule has 0 radical (unpaired) electrons. The lowest BCUT2D eigenvalue weighted by molar-refractivity contribution is 0.0608. The highest BCUT2D eigenvalue weighted by molar-refractivity contribution is 5.84. The number of aromatic carboxylic acids is 1. The molecule has 0 amide bonds. The molecule has 0 spiro atoms. The number of nitrogens with one attached hydrogen (secondary N) is 1. The Bertz CT molecular complexity index is 354. The predicted octanol–water partition coefficient (Wildman–Crippen LogP) is 0.591. The van der Waals surface area contributed by atoms with Crippen LogP contribution in [0.2, 0.25) is 0 Å². The first kappa shape index (κ1) is 10.2. The molecule has 5 nitrogen and oxygen atoms in total. The van der Waals surface area contributed by atoms with Gasteiger partial charge < -0.3 is 19.9 Å². The lowest BCUT2D eigenvalue weighted by Gasteiger charge is -2.31. The van der Waals surface area contributed by atoms with Crippen LogP contribution in [0.1, 0.15) is 29.2 Å². The highest BCUT2D eigenvalue weighted by Gasteiger charge is 2.26. The van der Waals surface area contributed by atoms with Gasteiger partial charge in [-0.05, 0) is 25.0 Å². The van der Waals surface area contributed by atoms with E-state index < -0.39 is 5.97 Å². The zero-order valence-corrected chi connectivity index (χ0v) is 8.14. The smallest absolute Gasteiger partial charge is 0.371 e. The summed E-state index contributed by atoms with van der Waals surface area (Å²) >= 11 is 0. The van der Waals surface area contributed by atoms with Crippen LogP contribution >= 0.6 is 0 Å². The Hall–Kier alpha value is -1.33. The van der Waals surface area contributed by atoms with Gasteiger partial charge >= 0.3 is 5.97 Å². The van der Waals surface area contributed by atoms with E-state index in [0.29, 0.717) is 18.3 Å². The number of carboxylic acids is 1. The number of rotatable bonds is 4. The first-order valence-corrected chi connectivity index (χ1v) is 4.88. The molecule has 1 aromatic heterocycles. The van der Waals surface area contributed by atoms with Gasteiger partial charge in [-0.1, -0.05) is 0 Å². The number of aliphatic hydroxyl groups excluding tert-OH is 1. The van der Waals surface area contributed by atoms with E-state index in [1.54, 1.807) is 6.07 Å². The van der Waals surface area contributed by atoms with Crippen molar-refractivity contribution in [3.63, 3.8) is 0 Å². The molecule has 0 aliphatic heterocycles. The quantitative estimate of drug-likeness (QED) is 0.679. The summed E-state index contributed by atoms with van der Waals surface area (Å²) in [6.07, 6.45) is 1.33. The second-order valence-corrected chi connectivity index (χ2v) is 3.77. The summed E-state index contributed by atoms with van der Waals surface area (Å²) in [7, 11) is 0. The van der Waals surface area contributed by atoms with Gasteiger partial charge in [0.1, 0.15) is 5.76 Å². The van der Waals surface area contributed by atoms with Crippen molar-refractivity contribution >= 4 is 5.97 Å². The third-order valence-electron chi connectivity index (χ3n) is 2.55. The molecule has 1 fully saturated rings. The Morgan fingerprint density at radius 1 is 1.53 bits per heavy atom. The lowest BCUT2D eigenvalue weighted by Crippen LogP contribution is -2.43. The minimum atomic E-state index is -1.06. The fourth-order valence-corrected chi connectivity index (χ4v) is 1.59. The Morgan fingerprint density at radius 3 is 2.80 bits per heavy atom. The van der Waals surface area contributed by atoms with Gasteiger partial charge in [0.2, 0.25) is 5.76 Å². The Balaban J connectivity index is 1.81. The SMILES string of the molecule is O=C(O)c1ccc(CNC2CC(O)C2)o1. The molecule has 0 aromatic carbocycles. The average molecular weight is 211 g/mol. The fourth-order valence-electron chi connectivity index (χ4n) is 1.59. The summed E-state index contributed by atoms with van der Waals surface area (Å²) in [6.45, 7) is 0.505. The van der Waals surface area contributed by atoms with E-state index >= 15 is 0 Å². The summed E-state index contributed by atoms with van der Waals surface area (Å²) in [5.74, 6) is -0.491. The van der Waals surface area contributed by atoms with Gasteiger partial charge in [0.05, 0.1) is 12.6 Å². The van der Waals surface area contributed by atoms with E-state index in [0.717, 1.165) is 12.8 Å². The second kappa shape index (κ2) is 4.04. The molecule has 0 atom stereocenters. The molecule has 2 rings (SSSR count). The van der Waals surface area contributed by atoms with Crippen LogP contribution in [0.15, 0.2) is 16.5 Å². The third-order valence-corrected chi connectivity index (χ3v) is 2.55. The minimum absolute atomic E-state index is 0.0413. The first-order chi connectivity index (χ1) is 7.15. The topological polar surface area (TPSA) is 82.7 Å². The highest BCUT2D eigenvalue weighted by Crippen LogP contribution is 2.20. The maximum absolute atomic E-state index is 10.5. The molecule has 1 heterocycles. The van der Waals surface area contributed by atoms with E-state index in [1.165, 1.54) is 6.07 Å². The number of furan rings is 1. The third kappa shape index (κ3) is 2.37. The summed E-state index contributed by atoms with van der Waals surface area (Å²) in [5, 5.41) is 20.8. The van der Waals surface area contributed by atoms with Crippen LogP contribution in [0.4, 0.5) is 0 Å². The van der Waals surface area contributed by atoms with E-state index in [4.69, 9.17) is 14.6 Å². The van der Waals surface area contributed by atoms with Crippen molar-refractivity contribution in [2.45, 2.75) is 31.5 Å². The molecule has 1 aliphatic carbocycles. The maximum atomic E-state index is 10.5. The van der Waals surface area contributed by atoms with Gasteiger partial charge in [-0.15, -0.1) is 0 Å². The standard InChI is InChI=1S/C10H13NO4/c12-7-3-6(4-7)11-5-8-1-2-9(15-8)10(13)14/h1-2,6-7,11-12H,3-5H2,(H,13,14).